The number of carboxylic acid groups (broad SMARTS) is 1. The molecule has 1 aromatic rings. The first-order valence-electron chi connectivity index (χ1n) is 5.99. The Morgan fingerprint density at radius 3 is 2.68 bits per heavy atom. The molecule has 0 aliphatic rings. The van der Waals surface area contributed by atoms with E-state index in [4.69, 9.17) is 5.11 Å². The molecule has 2 N–H and O–H groups in total. The molecule has 1 unspecified atom stereocenters. The SMILES string of the molecule is CCC(C)N(CC(=O)O)C(=O)Nc1cccc(F)c1. The van der Waals surface area contributed by atoms with Crippen molar-refractivity contribution in [1.29, 1.82) is 0 Å². The molecule has 0 saturated carbocycles. The Bertz CT molecular complexity index is 465. The second kappa shape index (κ2) is 6.72. The van der Waals surface area contributed by atoms with Crippen LogP contribution < -0.4 is 5.32 Å². The fraction of sp³-hybridized carbons (Fsp3) is 0.385. The predicted octanol–water partition coefficient (Wildman–Crippen LogP) is 2.54. The molecule has 5 nitrogen and oxygen atoms in total. The van der Waals surface area contributed by atoms with E-state index in [1.165, 1.54) is 29.2 Å². The van der Waals surface area contributed by atoms with Gasteiger partial charge in [0.2, 0.25) is 0 Å². The minimum atomic E-state index is -1.09. The molecule has 0 radical (unpaired) electrons. The molecule has 0 saturated heterocycles. The lowest BCUT2D eigenvalue weighted by atomic mass is 10.2. The van der Waals surface area contributed by atoms with Gasteiger partial charge < -0.3 is 15.3 Å². The standard InChI is InChI=1S/C13H17FN2O3/c1-3-9(2)16(8-12(17)18)13(19)15-11-6-4-5-10(14)7-11/h4-7,9H,3,8H2,1-2H3,(H,15,19)(H,17,18). The van der Waals surface area contributed by atoms with Crippen LogP contribution in [0.3, 0.4) is 0 Å². The van der Waals surface area contributed by atoms with Gasteiger partial charge in [0.05, 0.1) is 0 Å². The summed E-state index contributed by atoms with van der Waals surface area (Å²) in [4.78, 5) is 23.9. The smallest absolute Gasteiger partial charge is 0.323 e. The number of carbonyl (C=O) groups is 2. The number of anilines is 1. The number of amides is 2. The number of rotatable bonds is 5. The summed E-state index contributed by atoms with van der Waals surface area (Å²) in [6, 6.07) is 4.67. The van der Waals surface area contributed by atoms with Crippen molar-refractivity contribution in [3.05, 3.63) is 30.1 Å². The van der Waals surface area contributed by atoms with Gasteiger partial charge in [0.25, 0.3) is 0 Å². The maximum atomic E-state index is 13.0. The maximum absolute atomic E-state index is 13.0. The van der Waals surface area contributed by atoms with E-state index in [2.05, 4.69) is 5.32 Å². The van der Waals surface area contributed by atoms with E-state index in [-0.39, 0.29) is 6.04 Å². The van der Waals surface area contributed by atoms with Gasteiger partial charge in [-0.3, -0.25) is 4.79 Å². The van der Waals surface area contributed by atoms with E-state index in [1.807, 2.05) is 6.92 Å². The molecular formula is C13H17FN2O3. The van der Waals surface area contributed by atoms with E-state index in [9.17, 15) is 14.0 Å². The highest BCUT2D eigenvalue weighted by Gasteiger charge is 2.21. The van der Waals surface area contributed by atoms with Crippen molar-refractivity contribution in [2.75, 3.05) is 11.9 Å². The van der Waals surface area contributed by atoms with E-state index < -0.39 is 24.4 Å². The van der Waals surface area contributed by atoms with Gasteiger partial charge >= 0.3 is 12.0 Å². The van der Waals surface area contributed by atoms with Crippen LogP contribution in [0, 0.1) is 5.82 Å². The highest BCUT2D eigenvalue weighted by molar-refractivity contribution is 5.91. The summed E-state index contributed by atoms with van der Waals surface area (Å²) in [5.74, 6) is -1.55. The van der Waals surface area contributed by atoms with E-state index in [0.29, 0.717) is 12.1 Å². The molecule has 0 fully saturated rings. The van der Waals surface area contributed by atoms with Crippen LogP contribution in [-0.4, -0.2) is 34.6 Å². The Balaban J connectivity index is 2.79. The highest BCUT2D eigenvalue weighted by atomic mass is 19.1. The lowest BCUT2D eigenvalue weighted by Crippen LogP contribution is -2.44. The predicted molar refractivity (Wildman–Crippen MR) is 69.5 cm³/mol. The highest BCUT2D eigenvalue weighted by Crippen LogP contribution is 2.12. The van der Waals surface area contributed by atoms with Crippen LogP contribution in [0.5, 0.6) is 0 Å². The number of carboxylic acids is 1. The van der Waals surface area contributed by atoms with Crippen molar-refractivity contribution in [2.24, 2.45) is 0 Å². The zero-order valence-electron chi connectivity index (χ0n) is 10.9. The number of benzene rings is 1. The fourth-order valence-corrected chi connectivity index (χ4v) is 1.56. The Morgan fingerprint density at radius 1 is 1.47 bits per heavy atom. The number of nitrogens with one attached hydrogen (secondary N) is 1. The van der Waals surface area contributed by atoms with Gasteiger partial charge in [-0.05, 0) is 31.5 Å². The van der Waals surface area contributed by atoms with Crippen LogP contribution in [-0.2, 0) is 4.79 Å². The first-order chi connectivity index (χ1) is 8.93. The van der Waals surface area contributed by atoms with Crippen LogP contribution in [0.15, 0.2) is 24.3 Å². The molecule has 0 spiro atoms. The van der Waals surface area contributed by atoms with Crippen molar-refractivity contribution < 1.29 is 19.1 Å². The third kappa shape index (κ3) is 4.57. The van der Waals surface area contributed by atoms with Crippen molar-refractivity contribution >= 4 is 17.7 Å². The minimum absolute atomic E-state index is 0.218. The van der Waals surface area contributed by atoms with Gasteiger partial charge in [0.15, 0.2) is 0 Å². The second-order valence-electron chi connectivity index (χ2n) is 4.22. The van der Waals surface area contributed by atoms with Gasteiger partial charge in [-0.25, -0.2) is 9.18 Å². The molecule has 0 aromatic heterocycles. The van der Waals surface area contributed by atoms with Gasteiger partial charge in [-0.2, -0.15) is 0 Å². The summed E-state index contributed by atoms with van der Waals surface area (Å²) < 4.78 is 13.0. The molecular weight excluding hydrogens is 251 g/mol. The first-order valence-corrected chi connectivity index (χ1v) is 5.99. The summed E-state index contributed by atoms with van der Waals surface area (Å²) in [7, 11) is 0. The summed E-state index contributed by atoms with van der Waals surface area (Å²) in [5.41, 5.74) is 0.295. The molecule has 6 heteroatoms. The number of hydrogen-bond acceptors (Lipinski definition) is 2. The monoisotopic (exact) mass is 268 g/mol. The van der Waals surface area contributed by atoms with Gasteiger partial charge in [0, 0.05) is 11.7 Å². The summed E-state index contributed by atoms with van der Waals surface area (Å²) in [5, 5.41) is 11.3. The third-order valence-electron chi connectivity index (χ3n) is 2.77. The Hall–Kier alpha value is -2.11. The van der Waals surface area contributed by atoms with Crippen molar-refractivity contribution in [3.63, 3.8) is 0 Å². The van der Waals surface area contributed by atoms with E-state index >= 15 is 0 Å². The topological polar surface area (TPSA) is 69.6 Å². The average molecular weight is 268 g/mol. The zero-order valence-corrected chi connectivity index (χ0v) is 10.9. The number of carbonyl (C=O) groups excluding carboxylic acids is 1. The number of halogens is 1. The van der Waals surface area contributed by atoms with Crippen LogP contribution in [0.4, 0.5) is 14.9 Å². The van der Waals surface area contributed by atoms with Crippen molar-refractivity contribution in [2.45, 2.75) is 26.3 Å². The number of aliphatic carboxylic acids is 1. The molecule has 0 aliphatic heterocycles. The number of urea groups is 1. The Morgan fingerprint density at radius 2 is 2.16 bits per heavy atom. The van der Waals surface area contributed by atoms with Gasteiger partial charge in [0.1, 0.15) is 12.4 Å². The number of nitrogens with zero attached hydrogens (tertiary/aromatic N) is 1. The van der Waals surface area contributed by atoms with Crippen LogP contribution in [0.1, 0.15) is 20.3 Å². The third-order valence-corrected chi connectivity index (χ3v) is 2.77. The van der Waals surface area contributed by atoms with Crippen molar-refractivity contribution in [1.82, 2.24) is 4.90 Å². The Kier molecular flexibility index (Phi) is 5.29. The van der Waals surface area contributed by atoms with Crippen molar-refractivity contribution in [3.8, 4) is 0 Å². The molecule has 2 amide bonds. The molecule has 0 bridgehead atoms. The molecule has 1 atom stereocenters. The molecule has 1 aromatic carbocycles. The fourth-order valence-electron chi connectivity index (χ4n) is 1.56. The minimum Gasteiger partial charge on any atom is -0.480 e. The van der Waals surface area contributed by atoms with Crippen LogP contribution in [0.2, 0.25) is 0 Å². The normalized spacial score (nSPS) is 11.7. The summed E-state index contributed by atoms with van der Waals surface area (Å²) >= 11 is 0. The largest absolute Gasteiger partial charge is 0.480 e. The molecule has 0 heterocycles. The average Bonchev–Trinajstić information content (AvgIpc) is 2.34. The number of hydrogen-bond donors (Lipinski definition) is 2. The van der Waals surface area contributed by atoms with Gasteiger partial charge in [-0.15, -0.1) is 0 Å². The zero-order chi connectivity index (χ0) is 14.4. The first kappa shape index (κ1) is 14.9. The second-order valence-corrected chi connectivity index (χ2v) is 4.22. The quantitative estimate of drug-likeness (QED) is 0.862. The van der Waals surface area contributed by atoms with Crippen LogP contribution in [0.25, 0.3) is 0 Å². The molecule has 104 valence electrons. The van der Waals surface area contributed by atoms with Gasteiger partial charge in [-0.1, -0.05) is 13.0 Å². The lowest BCUT2D eigenvalue weighted by Gasteiger charge is -2.27. The van der Waals surface area contributed by atoms with E-state index in [0.717, 1.165) is 0 Å². The van der Waals surface area contributed by atoms with Crippen LogP contribution >= 0.6 is 0 Å². The van der Waals surface area contributed by atoms with E-state index in [1.54, 1.807) is 6.92 Å². The molecule has 0 aliphatic carbocycles. The lowest BCUT2D eigenvalue weighted by molar-refractivity contribution is -0.138. The summed E-state index contributed by atoms with van der Waals surface area (Å²) in [6.07, 6.45) is 0.629. The molecule has 1 rings (SSSR count). The summed E-state index contributed by atoms with van der Waals surface area (Å²) in [6.45, 7) is 3.22. The Labute approximate surface area is 111 Å². The molecule has 19 heavy (non-hydrogen) atoms. The maximum Gasteiger partial charge on any atom is 0.323 e.